The highest BCUT2D eigenvalue weighted by atomic mass is 19.1. The molecule has 56 heavy (non-hydrogen) atoms. The molecule has 0 saturated heterocycles. The standard InChI is InChI=1S/C54H30F2/c55-35-23-19-33(20-24-35)47-39-17-9-7-15-37(39)45(31-11-3-1-4-12-31)51-41-27-28-42-50-44(30-29-43(49(41)50)53(47)51)54-48(34-21-25-36(56)26-22-34)40-18-10-8-16-38(40)46(52(42)54)32-13-5-2-6-14-32/h1-30H. The van der Waals surface area contributed by atoms with Gasteiger partial charge in [-0.3, -0.25) is 0 Å². The fraction of sp³-hybridized carbons (Fsp3) is 0. The van der Waals surface area contributed by atoms with Gasteiger partial charge in [0.1, 0.15) is 11.6 Å². The molecule has 0 unspecified atom stereocenters. The van der Waals surface area contributed by atoms with Crippen molar-refractivity contribution < 1.29 is 8.78 Å². The Kier molecular flexibility index (Phi) is 6.50. The van der Waals surface area contributed by atoms with E-state index >= 15 is 0 Å². The summed E-state index contributed by atoms with van der Waals surface area (Å²) in [6, 6.07) is 62.0. The molecular weight excluding hydrogens is 687 g/mol. The van der Waals surface area contributed by atoms with E-state index < -0.39 is 0 Å². The molecule has 10 aromatic rings. The van der Waals surface area contributed by atoms with Crippen molar-refractivity contribution in [3.8, 4) is 89.0 Å². The SMILES string of the molecule is Fc1ccc(-c2c3c(c(-c4ccccc4)c4ccccc24)-c2ccc4c5c(ccc-3c25)-c2c-4c(-c3ccccc3)c3ccccc3c2-c2ccc(F)cc2)cc1. The topological polar surface area (TPSA) is 0 Å². The Labute approximate surface area is 322 Å². The maximum atomic E-state index is 14.5. The maximum Gasteiger partial charge on any atom is 0.123 e. The van der Waals surface area contributed by atoms with Gasteiger partial charge in [-0.1, -0.05) is 158 Å². The van der Waals surface area contributed by atoms with Crippen molar-refractivity contribution in [2.75, 3.05) is 0 Å². The second kappa shape index (κ2) is 11.7. The molecule has 0 nitrogen and oxygen atoms in total. The van der Waals surface area contributed by atoms with Crippen molar-refractivity contribution in [1.29, 1.82) is 0 Å². The number of hydrogen-bond donors (Lipinski definition) is 0. The van der Waals surface area contributed by atoms with Crippen molar-refractivity contribution >= 4 is 32.3 Å². The van der Waals surface area contributed by atoms with Crippen molar-refractivity contribution in [3.63, 3.8) is 0 Å². The van der Waals surface area contributed by atoms with Crippen LogP contribution in [0, 0.1) is 11.6 Å². The molecule has 2 heteroatoms. The molecule has 0 atom stereocenters. The monoisotopic (exact) mass is 716 g/mol. The Morgan fingerprint density at radius 2 is 0.464 bits per heavy atom. The normalized spacial score (nSPS) is 12.1. The van der Waals surface area contributed by atoms with Crippen LogP contribution in [0.5, 0.6) is 0 Å². The Morgan fingerprint density at radius 1 is 0.214 bits per heavy atom. The van der Waals surface area contributed by atoms with Crippen LogP contribution in [-0.2, 0) is 0 Å². The summed E-state index contributed by atoms with van der Waals surface area (Å²) >= 11 is 0. The summed E-state index contributed by atoms with van der Waals surface area (Å²) in [6.45, 7) is 0. The maximum absolute atomic E-state index is 14.5. The zero-order chi connectivity index (χ0) is 37.1. The smallest absolute Gasteiger partial charge is 0.123 e. The molecular formula is C54H30F2. The molecule has 0 bridgehead atoms. The van der Waals surface area contributed by atoms with E-state index in [1.807, 2.05) is 24.3 Å². The first-order valence-corrected chi connectivity index (χ1v) is 19.1. The minimum atomic E-state index is -0.252. The summed E-state index contributed by atoms with van der Waals surface area (Å²) in [7, 11) is 0. The third-order valence-corrected chi connectivity index (χ3v) is 12.1. The van der Waals surface area contributed by atoms with Gasteiger partial charge >= 0.3 is 0 Å². The molecule has 0 heterocycles. The fourth-order valence-corrected chi connectivity index (χ4v) is 9.93. The number of halogens is 2. The van der Waals surface area contributed by atoms with E-state index in [4.69, 9.17) is 0 Å². The second-order valence-electron chi connectivity index (χ2n) is 14.9. The largest absolute Gasteiger partial charge is 0.207 e. The van der Waals surface area contributed by atoms with Crippen molar-refractivity contribution in [3.05, 3.63) is 194 Å². The lowest BCUT2D eigenvalue weighted by molar-refractivity contribution is 0.627. The molecule has 0 aromatic heterocycles. The summed E-state index contributed by atoms with van der Waals surface area (Å²) in [5.41, 5.74) is 18.4. The van der Waals surface area contributed by atoms with E-state index in [9.17, 15) is 8.78 Å². The highest BCUT2D eigenvalue weighted by molar-refractivity contribution is 6.35. The summed E-state index contributed by atoms with van der Waals surface area (Å²) in [5.74, 6) is -0.505. The highest BCUT2D eigenvalue weighted by Gasteiger charge is 2.37. The van der Waals surface area contributed by atoms with Crippen LogP contribution in [0.4, 0.5) is 8.78 Å². The predicted octanol–water partition coefficient (Wildman–Crippen LogP) is 15.4. The molecule has 260 valence electrons. The van der Waals surface area contributed by atoms with Gasteiger partial charge in [0.15, 0.2) is 0 Å². The van der Waals surface area contributed by atoms with Crippen LogP contribution in [0.15, 0.2) is 182 Å². The zero-order valence-electron chi connectivity index (χ0n) is 30.1. The minimum absolute atomic E-state index is 0.252. The zero-order valence-corrected chi connectivity index (χ0v) is 30.1. The molecule has 2 aliphatic rings. The van der Waals surface area contributed by atoms with Crippen LogP contribution >= 0.6 is 0 Å². The molecule has 0 spiro atoms. The third-order valence-electron chi connectivity index (χ3n) is 12.1. The lowest BCUT2D eigenvalue weighted by atomic mass is 9.81. The molecule has 12 rings (SSSR count). The van der Waals surface area contributed by atoms with Crippen LogP contribution in [0.2, 0.25) is 0 Å². The van der Waals surface area contributed by atoms with Crippen LogP contribution in [0.25, 0.3) is 121 Å². The number of benzene rings is 10. The molecule has 0 radical (unpaired) electrons. The van der Waals surface area contributed by atoms with E-state index in [2.05, 4.69) is 133 Å². The van der Waals surface area contributed by atoms with Gasteiger partial charge in [-0.25, -0.2) is 8.78 Å². The first kappa shape index (κ1) is 31.2. The summed E-state index contributed by atoms with van der Waals surface area (Å²) in [6.07, 6.45) is 0. The van der Waals surface area contributed by atoms with Gasteiger partial charge in [0.25, 0.3) is 0 Å². The molecule has 0 fully saturated rings. The Morgan fingerprint density at radius 3 is 0.750 bits per heavy atom. The fourth-order valence-electron chi connectivity index (χ4n) is 9.93. The van der Waals surface area contributed by atoms with Crippen molar-refractivity contribution in [2.24, 2.45) is 0 Å². The Balaban J connectivity index is 1.27. The van der Waals surface area contributed by atoms with E-state index in [-0.39, 0.29) is 11.6 Å². The molecule has 0 aliphatic heterocycles. The highest BCUT2D eigenvalue weighted by Crippen LogP contribution is 2.64. The molecule has 2 aliphatic carbocycles. The van der Waals surface area contributed by atoms with Gasteiger partial charge in [0, 0.05) is 0 Å². The molecule has 0 amide bonds. The predicted molar refractivity (Wildman–Crippen MR) is 229 cm³/mol. The molecule has 0 N–H and O–H groups in total. The quantitative estimate of drug-likeness (QED) is 0.170. The van der Waals surface area contributed by atoms with Crippen molar-refractivity contribution in [2.45, 2.75) is 0 Å². The lowest BCUT2D eigenvalue weighted by Crippen LogP contribution is -1.94. The first-order chi connectivity index (χ1) is 27.7. The summed E-state index contributed by atoms with van der Waals surface area (Å²) < 4.78 is 29.0. The van der Waals surface area contributed by atoms with Gasteiger partial charge in [-0.05, 0) is 146 Å². The number of rotatable bonds is 4. The number of hydrogen-bond acceptors (Lipinski definition) is 0. The van der Waals surface area contributed by atoms with Gasteiger partial charge < -0.3 is 0 Å². The minimum Gasteiger partial charge on any atom is -0.207 e. The van der Waals surface area contributed by atoms with Gasteiger partial charge in [-0.2, -0.15) is 0 Å². The lowest BCUT2D eigenvalue weighted by Gasteiger charge is -2.21. The Hall–Kier alpha value is -7.16. The summed E-state index contributed by atoms with van der Waals surface area (Å²) in [5, 5.41) is 7.06. The summed E-state index contributed by atoms with van der Waals surface area (Å²) in [4.78, 5) is 0. The molecule has 0 saturated carbocycles. The molecule has 10 aromatic carbocycles. The van der Waals surface area contributed by atoms with Crippen LogP contribution in [-0.4, -0.2) is 0 Å². The first-order valence-electron chi connectivity index (χ1n) is 19.1. The van der Waals surface area contributed by atoms with Crippen LogP contribution in [0.1, 0.15) is 0 Å². The van der Waals surface area contributed by atoms with Gasteiger partial charge in [0.05, 0.1) is 0 Å². The second-order valence-corrected chi connectivity index (χ2v) is 14.9. The average molecular weight is 717 g/mol. The van der Waals surface area contributed by atoms with Gasteiger partial charge in [-0.15, -0.1) is 0 Å². The van der Waals surface area contributed by atoms with E-state index in [1.54, 1.807) is 24.3 Å². The van der Waals surface area contributed by atoms with E-state index in [0.717, 1.165) is 54.9 Å². The third kappa shape index (κ3) is 4.21. The number of fused-ring (bicyclic) bond motifs is 8. The van der Waals surface area contributed by atoms with Crippen LogP contribution in [0.3, 0.4) is 0 Å². The van der Waals surface area contributed by atoms with Gasteiger partial charge in [0.2, 0.25) is 0 Å². The van der Waals surface area contributed by atoms with E-state index in [0.29, 0.717) is 0 Å². The van der Waals surface area contributed by atoms with Crippen LogP contribution < -0.4 is 0 Å². The van der Waals surface area contributed by atoms with E-state index in [1.165, 1.54) is 66.4 Å². The Bertz CT molecular complexity index is 3050. The van der Waals surface area contributed by atoms with Crippen molar-refractivity contribution in [1.82, 2.24) is 0 Å². The average Bonchev–Trinajstić information content (AvgIpc) is 3.75.